The number of rotatable bonds is 6. The zero-order chi connectivity index (χ0) is 13.7. The summed E-state index contributed by atoms with van der Waals surface area (Å²) in [4.78, 5) is 0. The van der Waals surface area contributed by atoms with Crippen molar-refractivity contribution in [2.45, 2.75) is 26.8 Å². The monoisotopic (exact) mass is 269 g/mol. The molecule has 0 heterocycles. The molecule has 18 heavy (non-hydrogen) atoms. The highest BCUT2D eigenvalue weighted by Crippen LogP contribution is 2.22. The molecule has 0 aliphatic carbocycles. The SMILES string of the molecule is COCCS(=O)CC(N)c1c(C)cc(C)cc1C. The molecule has 0 aromatic heterocycles. The van der Waals surface area contributed by atoms with E-state index in [0.717, 1.165) is 5.56 Å². The highest BCUT2D eigenvalue weighted by molar-refractivity contribution is 7.85. The molecule has 0 bridgehead atoms. The molecule has 2 atom stereocenters. The summed E-state index contributed by atoms with van der Waals surface area (Å²) in [5.74, 6) is 1.04. The van der Waals surface area contributed by atoms with E-state index in [1.807, 2.05) is 0 Å². The van der Waals surface area contributed by atoms with Gasteiger partial charge in [0.2, 0.25) is 0 Å². The number of hydrogen-bond donors (Lipinski definition) is 1. The first-order valence-electron chi connectivity index (χ1n) is 6.13. The standard InChI is InChI=1S/C14H23NO2S/c1-10-7-11(2)14(12(3)8-10)13(15)9-18(16)6-5-17-4/h7-8,13H,5-6,9,15H2,1-4H3. The van der Waals surface area contributed by atoms with Crippen LogP contribution in [-0.2, 0) is 15.5 Å². The quantitative estimate of drug-likeness (QED) is 0.859. The van der Waals surface area contributed by atoms with Gasteiger partial charge < -0.3 is 10.5 Å². The Balaban J connectivity index is 2.78. The Bertz CT molecular complexity index is 409. The second kappa shape index (κ2) is 7.02. The number of nitrogens with two attached hydrogens (primary N) is 1. The smallest absolute Gasteiger partial charge is 0.0577 e. The maximum Gasteiger partial charge on any atom is 0.0577 e. The third-order valence-electron chi connectivity index (χ3n) is 2.99. The molecule has 0 amide bonds. The molecule has 0 aliphatic heterocycles. The van der Waals surface area contributed by atoms with Crippen molar-refractivity contribution in [3.8, 4) is 0 Å². The van der Waals surface area contributed by atoms with E-state index in [1.54, 1.807) is 7.11 Å². The largest absolute Gasteiger partial charge is 0.384 e. The van der Waals surface area contributed by atoms with Crippen LogP contribution in [0.2, 0.25) is 0 Å². The lowest BCUT2D eigenvalue weighted by Gasteiger charge is -2.18. The van der Waals surface area contributed by atoms with Gasteiger partial charge in [0.1, 0.15) is 0 Å². The van der Waals surface area contributed by atoms with E-state index in [1.165, 1.54) is 16.7 Å². The summed E-state index contributed by atoms with van der Waals surface area (Å²) in [6, 6.07) is 4.09. The van der Waals surface area contributed by atoms with Gasteiger partial charge in [-0.3, -0.25) is 4.21 Å². The summed E-state index contributed by atoms with van der Waals surface area (Å²) in [5, 5.41) is 0. The van der Waals surface area contributed by atoms with E-state index < -0.39 is 10.8 Å². The van der Waals surface area contributed by atoms with Crippen LogP contribution in [-0.4, -0.2) is 29.4 Å². The first kappa shape index (κ1) is 15.3. The minimum Gasteiger partial charge on any atom is -0.384 e. The molecule has 2 unspecified atom stereocenters. The van der Waals surface area contributed by atoms with Gasteiger partial charge in [0.05, 0.1) is 6.61 Å². The summed E-state index contributed by atoms with van der Waals surface area (Å²) in [7, 11) is 0.694. The topological polar surface area (TPSA) is 52.3 Å². The normalized spacial score (nSPS) is 14.5. The predicted molar refractivity (Wildman–Crippen MR) is 77.3 cm³/mol. The molecule has 0 saturated heterocycles. The van der Waals surface area contributed by atoms with Gasteiger partial charge in [-0.15, -0.1) is 0 Å². The molecule has 1 aromatic rings. The summed E-state index contributed by atoms with van der Waals surface area (Å²) < 4.78 is 16.8. The summed E-state index contributed by atoms with van der Waals surface area (Å²) in [6.07, 6.45) is 0. The van der Waals surface area contributed by atoms with E-state index in [2.05, 4.69) is 32.9 Å². The van der Waals surface area contributed by atoms with E-state index in [-0.39, 0.29) is 6.04 Å². The highest BCUT2D eigenvalue weighted by Gasteiger charge is 2.15. The van der Waals surface area contributed by atoms with Gasteiger partial charge >= 0.3 is 0 Å². The van der Waals surface area contributed by atoms with Crippen LogP contribution >= 0.6 is 0 Å². The lowest BCUT2D eigenvalue weighted by atomic mass is 9.95. The molecular formula is C14H23NO2S. The van der Waals surface area contributed by atoms with Crippen molar-refractivity contribution in [1.82, 2.24) is 0 Å². The minimum atomic E-state index is -0.922. The van der Waals surface area contributed by atoms with Gasteiger partial charge in [0.25, 0.3) is 0 Å². The lowest BCUT2D eigenvalue weighted by Crippen LogP contribution is -2.22. The number of hydrogen-bond acceptors (Lipinski definition) is 3. The van der Waals surface area contributed by atoms with Crippen LogP contribution in [0.25, 0.3) is 0 Å². The van der Waals surface area contributed by atoms with Gasteiger partial charge in [-0.05, 0) is 37.5 Å². The van der Waals surface area contributed by atoms with Crippen LogP contribution in [0.15, 0.2) is 12.1 Å². The summed E-state index contributed by atoms with van der Waals surface area (Å²) in [6.45, 7) is 6.72. The minimum absolute atomic E-state index is 0.164. The van der Waals surface area contributed by atoms with Crippen molar-refractivity contribution >= 4 is 10.8 Å². The molecule has 0 aliphatic rings. The molecule has 0 saturated carbocycles. The first-order chi connectivity index (χ1) is 8.45. The Morgan fingerprint density at radius 3 is 2.33 bits per heavy atom. The van der Waals surface area contributed by atoms with Crippen molar-refractivity contribution in [3.63, 3.8) is 0 Å². The second-order valence-electron chi connectivity index (χ2n) is 4.72. The molecule has 1 rings (SSSR count). The summed E-state index contributed by atoms with van der Waals surface area (Å²) >= 11 is 0. The number of ether oxygens (including phenoxy) is 1. The van der Waals surface area contributed by atoms with E-state index in [0.29, 0.717) is 18.1 Å². The van der Waals surface area contributed by atoms with Crippen molar-refractivity contribution in [3.05, 3.63) is 34.4 Å². The van der Waals surface area contributed by atoms with Crippen molar-refractivity contribution in [2.75, 3.05) is 25.2 Å². The van der Waals surface area contributed by atoms with Gasteiger partial charge in [0, 0.05) is 35.5 Å². The number of benzene rings is 1. The fraction of sp³-hybridized carbons (Fsp3) is 0.571. The van der Waals surface area contributed by atoms with Crippen LogP contribution in [0.3, 0.4) is 0 Å². The fourth-order valence-corrected chi connectivity index (χ4v) is 3.41. The van der Waals surface area contributed by atoms with Crippen LogP contribution in [0.5, 0.6) is 0 Å². The van der Waals surface area contributed by atoms with Crippen molar-refractivity contribution < 1.29 is 8.95 Å². The Morgan fingerprint density at radius 1 is 1.28 bits per heavy atom. The molecule has 102 valence electrons. The lowest BCUT2D eigenvalue weighted by molar-refractivity contribution is 0.218. The maximum absolute atomic E-state index is 11.8. The van der Waals surface area contributed by atoms with Gasteiger partial charge in [0.15, 0.2) is 0 Å². The van der Waals surface area contributed by atoms with Crippen LogP contribution in [0, 0.1) is 20.8 Å². The third-order valence-corrected chi connectivity index (χ3v) is 4.34. The van der Waals surface area contributed by atoms with E-state index in [9.17, 15) is 4.21 Å². The average molecular weight is 269 g/mol. The van der Waals surface area contributed by atoms with Gasteiger partial charge in [-0.25, -0.2) is 0 Å². The average Bonchev–Trinajstić information content (AvgIpc) is 2.24. The molecule has 4 heteroatoms. The fourth-order valence-electron chi connectivity index (χ4n) is 2.32. The van der Waals surface area contributed by atoms with Gasteiger partial charge in [-0.2, -0.15) is 0 Å². The van der Waals surface area contributed by atoms with Crippen molar-refractivity contribution in [2.24, 2.45) is 5.73 Å². The Hall–Kier alpha value is -0.710. The predicted octanol–water partition coefficient (Wildman–Crippen LogP) is 2.01. The summed E-state index contributed by atoms with van der Waals surface area (Å²) in [5.41, 5.74) is 10.9. The zero-order valence-corrected chi connectivity index (χ0v) is 12.5. The third kappa shape index (κ3) is 4.19. The molecule has 0 fully saturated rings. The Morgan fingerprint density at radius 2 is 1.83 bits per heavy atom. The molecule has 0 radical (unpaired) electrons. The van der Waals surface area contributed by atoms with Gasteiger partial charge in [-0.1, -0.05) is 17.7 Å². The van der Waals surface area contributed by atoms with E-state index >= 15 is 0 Å². The zero-order valence-electron chi connectivity index (χ0n) is 11.7. The van der Waals surface area contributed by atoms with E-state index in [4.69, 9.17) is 10.5 Å². The number of methoxy groups -OCH3 is 1. The van der Waals surface area contributed by atoms with Crippen LogP contribution in [0.4, 0.5) is 0 Å². The highest BCUT2D eigenvalue weighted by atomic mass is 32.2. The molecular weight excluding hydrogens is 246 g/mol. The molecule has 3 nitrogen and oxygen atoms in total. The maximum atomic E-state index is 11.8. The molecule has 2 N–H and O–H groups in total. The Kier molecular flexibility index (Phi) is 5.99. The number of aryl methyl sites for hydroxylation is 3. The van der Waals surface area contributed by atoms with Crippen LogP contribution in [0.1, 0.15) is 28.3 Å². The Labute approximate surface area is 112 Å². The molecule has 1 aromatic carbocycles. The molecule has 0 spiro atoms. The second-order valence-corrected chi connectivity index (χ2v) is 6.34. The first-order valence-corrected chi connectivity index (χ1v) is 7.61. The van der Waals surface area contributed by atoms with Crippen molar-refractivity contribution in [1.29, 1.82) is 0 Å². The van der Waals surface area contributed by atoms with Crippen LogP contribution < -0.4 is 5.73 Å².